The summed E-state index contributed by atoms with van der Waals surface area (Å²) in [6, 6.07) is 14.3. The van der Waals surface area contributed by atoms with Crippen LogP contribution in [0.4, 0.5) is 0 Å². The molecule has 0 radical (unpaired) electrons. The second kappa shape index (κ2) is 6.08. The van der Waals surface area contributed by atoms with Crippen LogP contribution in [0.15, 0.2) is 42.5 Å². The van der Waals surface area contributed by atoms with Crippen molar-refractivity contribution in [1.82, 2.24) is 0 Å². The average molecular weight is 302 g/mol. The Morgan fingerprint density at radius 2 is 2.05 bits per heavy atom. The summed E-state index contributed by atoms with van der Waals surface area (Å²) in [5.74, 6) is 0.739. The number of fused-ring (bicyclic) bond motifs is 1. The van der Waals surface area contributed by atoms with Crippen LogP contribution in [0.25, 0.3) is 0 Å². The topological polar surface area (TPSA) is 35.2 Å². The zero-order valence-corrected chi connectivity index (χ0v) is 12.9. The van der Waals surface area contributed by atoms with E-state index in [2.05, 4.69) is 24.3 Å². The quantitative estimate of drug-likeness (QED) is 0.882. The molecule has 2 aromatic carbocycles. The molecular weight excluding hydrogens is 282 g/mol. The summed E-state index contributed by atoms with van der Waals surface area (Å²) < 4.78 is 6.17. The molecule has 0 bridgehead atoms. The number of rotatable bonds is 3. The zero-order valence-electron chi connectivity index (χ0n) is 12.2. The normalized spacial score (nSPS) is 18.9. The van der Waals surface area contributed by atoms with E-state index in [0.717, 1.165) is 30.6 Å². The molecule has 21 heavy (non-hydrogen) atoms. The lowest BCUT2D eigenvalue weighted by atomic mass is 9.89. The summed E-state index contributed by atoms with van der Waals surface area (Å²) in [6.45, 7) is 1.95. The van der Waals surface area contributed by atoms with Crippen molar-refractivity contribution in [3.63, 3.8) is 0 Å². The SMILES string of the molecule is C[C@H](N)c1ccc(OC2CCCc3ccccc32)c(Cl)c1. The lowest BCUT2D eigenvalue weighted by Gasteiger charge is -2.26. The molecule has 0 aliphatic heterocycles. The minimum Gasteiger partial charge on any atom is -0.484 e. The second-order valence-corrected chi connectivity index (χ2v) is 6.08. The van der Waals surface area contributed by atoms with Crippen LogP contribution in [-0.2, 0) is 6.42 Å². The van der Waals surface area contributed by atoms with Crippen LogP contribution in [0.2, 0.25) is 5.02 Å². The lowest BCUT2D eigenvalue weighted by molar-refractivity contribution is 0.183. The Balaban J connectivity index is 1.85. The molecule has 2 nitrogen and oxygen atoms in total. The fraction of sp³-hybridized carbons (Fsp3) is 0.333. The van der Waals surface area contributed by atoms with Crippen LogP contribution in [-0.4, -0.2) is 0 Å². The van der Waals surface area contributed by atoms with E-state index in [1.807, 2.05) is 25.1 Å². The van der Waals surface area contributed by atoms with Gasteiger partial charge >= 0.3 is 0 Å². The number of aryl methyl sites for hydroxylation is 1. The van der Waals surface area contributed by atoms with Crippen molar-refractivity contribution in [3.05, 3.63) is 64.2 Å². The van der Waals surface area contributed by atoms with Gasteiger partial charge in [0.1, 0.15) is 11.9 Å². The van der Waals surface area contributed by atoms with Gasteiger partial charge in [0.15, 0.2) is 0 Å². The van der Waals surface area contributed by atoms with Gasteiger partial charge in [0.25, 0.3) is 0 Å². The molecule has 2 atom stereocenters. The van der Waals surface area contributed by atoms with Crippen molar-refractivity contribution in [2.75, 3.05) is 0 Å². The summed E-state index contributed by atoms with van der Waals surface area (Å²) in [7, 11) is 0. The molecule has 2 N–H and O–H groups in total. The number of nitrogens with two attached hydrogens (primary N) is 1. The van der Waals surface area contributed by atoms with Crippen molar-refractivity contribution in [3.8, 4) is 5.75 Å². The summed E-state index contributed by atoms with van der Waals surface area (Å²) in [6.07, 6.45) is 3.40. The van der Waals surface area contributed by atoms with Crippen LogP contribution < -0.4 is 10.5 Å². The molecule has 0 spiro atoms. The molecule has 0 amide bonds. The van der Waals surface area contributed by atoms with Crippen molar-refractivity contribution < 1.29 is 4.74 Å². The van der Waals surface area contributed by atoms with E-state index in [1.165, 1.54) is 11.1 Å². The monoisotopic (exact) mass is 301 g/mol. The maximum Gasteiger partial charge on any atom is 0.138 e. The minimum absolute atomic E-state index is 0.0213. The van der Waals surface area contributed by atoms with Gasteiger partial charge in [-0.05, 0) is 55.0 Å². The number of halogens is 1. The summed E-state index contributed by atoms with van der Waals surface area (Å²) in [4.78, 5) is 0. The molecule has 3 heteroatoms. The highest BCUT2D eigenvalue weighted by molar-refractivity contribution is 6.32. The minimum atomic E-state index is -0.0213. The third-order valence-corrected chi connectivity index (χ3v) is 4.36. The largest absolute Gasteiger partial charge is 0.484 e. The number of ether oxygens (including phenoxy) is 1. The third-order valence-electron chi connectivity index (χ3n) is 4.07. The van der Waals surface area contributed by atoms with Gasteiger partial charge < -0.3 is 10.5 Å². The van der Waals surface area contributed by atoms with Crippen LogP contribution in [0.3, 0.4) is 0 Å². The first kappa shape index (κ1) is 14.4. The Morgan fingerprint density at radius 1 is 1.24 bits per heavy atom. The molecular formula is C18H20ClNO. The highest BCUT2D eigenvalue weighted by atomic mass is 35.5. The van der Waals surface area contributed by atoms with Crippen molar-refractivity contribution in [2.24, 2.45) is 5.73 Å². The molecule has 110 valence electrons. The molecule has 0 saturated carbocycles. The maximum atomic E-state index is 6.34. The van der Waals surface area contributed by atoms with Gasteiger partial charge in [-0.15, -0.1) is 0 Å². The average Bonchev–Trinajstić information content (AvgIpc) is 2.49. The molecule has 0 saturated heterocycles. The van der Waals surface area contributed by atoms with Gasteiger partial charge in [0, 0.05) is 6.04 Å². The molecule has 1 unspecified atom stereocenters. The molecule has 0 fully saturated rings. The van der Waals surface area contributed by atoms with Crippen LogP contribution >= 0.6 is 11.6 Å². The molecule has 2 aromatic rings. The molecule has 1 aliphatic rings. The predicted octanol–water partition coefficient (Wildman–Crippen LogP) is 4.82. The first-order valence-corrected chi connectivity index (χ1v) is 7.82. The predicted molar refractivity (Wildman–Crippen MR) is 86.8 cm³/mol. The molecule has 0 heterocycles. The summed E-state index contributed by atoms with van der Waals surface area (Å²) >= 11 is 6.34. The Kier molecular flexibility index (Phi) is 4.18. The van der Waals surface area contributed by atoms with Crippen molar-refractivity contribution in [1.29, 1.82) is 0 Å². The highest BCUT2D eigenvalue weighted by Gasteiger charge is 2.22. The fourth-order valence-electron chi connectivity index (χ4n) is 2.88. The summed E-state index contributed by atoms with van der Waals surface area (Å²) in [5.41, 5.74) is 9.58. The van der Waals surface area contributed by atoms with E-state index in [4.69, 9.17) is 22.1 Å². The number of benzene rings is 2. The first-order valence-electron chi connectivity index (χ1n) is 7.44. The van der Waals surface area contributed by atoms with Crippen LogP contribution in [0.5, 0.6) is 5.75 Å². The lowest BCUT2D eigenvalue weighted by Crippen LogP contribution is -2.15. The van der Waals surface area contributed by atoms with E-state index in [1.54, 1.807) is 0 Å². The van der Waals surface area contributed by atoms with Crippen molar-refractivity contribution >= 4 is 11.6 Å². The number of hydrogen-bond acceptors (Lipinski definition) is 2. The van der Waals surface area contributed by atoms with Gasteiger partial charge in [-0.3, -0.25) is 0 Å². The molecule has 3 rings (SSSR count). The van der Waals surface area contributed by atoms with Crippen LogP contribution in [0, 0.1) is 0 Å². The third kappa shape index (κ3) is 3.07. The van der Waals surface area contributed by atoms with E-state index < -0.39 is 0 Å². The van der Waals surface area contributed by atoms with Gasteiger partial charge in [-0.25, -0.2) is 0 Å². The summed E-state index contributed by atoms with van der Waals surface area (Å²) in [5, 5.41) is 0.632. The van der Waals surface area contributed by atoms with E-state index in [-0.39, 0.29) is 12.1 Å². The van der Waals surface area contributed by atoms with E-state index >= 15 is 0 Å². The first-order chi connectivity index (χ1) is 10.1. The number of hydrogen-bond donors (Lipinski definition) is 1. The molecule has 1 aliphatic carbocycles. The van der Waals surface area contributed by atoms with E-state index in [9.17, 15) is 0 Å². The Hall–Kier alpha value is -1.51. The van der Waals surface area contributed by atoms with Gasteiger partial charge in [-0.1, -0.05) is 41.9 Å². The van der Waals surface area contributed by atoms with Gasteiger partial charge in [0.2, 0.25) is 0 Å². The standard InChI is InChI=1S/C18H20ClNO/c1-12(20)14-9-10-18(16(19)11-14)21-17-8-4-6-13-5-2-3-7-15(13)17/h2-3,5,7,9-12,17H,4,6,8,20H2,1H3/t12-,17?/m0/s1. The van der Waals surface area contributed by atoms with E-state index in [0.29, 0.717) is 5.02 Å². The maximum absolute atomic E-state index is 6.34. The zero-order chi connectivity index (χ0) is 14.8. The fourth-order valence-corrected chi connectivity index (χ4v) is 3.11. The van der Waals surface area contributed by atoms with Crippen LogP contribution in [0.1, 0.15) is 48.6 Å². The highest BCUT2D eigenvalue weighted by Crippen LogP contribution is 2.36. The van der Waals surface area contributed by atoms with Gasteiger partial charge in [-0.2, -0.15) is 0 Å². The van der Waals surface area contributed by atoms with Crippen molar-refractivity contribution in [2.45, 2.75) is 38.3 Å². The smallest absolute Gasteiger partial charge is 0.138 e. The second-order valence-electron chi connectivity index (χ2n) is 5.68. The Labute approximate surface area is 130 Å². The molecule has 0 aromatic heterocycles. The Bertz CT molecular complexity index is 639. The Morgan fingerprint density at radius 3 is 2.81 bits per heavy atom. The van der Waals surface area contributed by atoms with Gasteiger partial charge in [0.05, 0.1) is 5.02 Å².